The van der Waals surface area contributed by atoms with E-state index in [2.05, 4.69) is 5.32 Å². The molecule has 0 unspecified atom stereocenters. The highest BCUT2D eigenvalue weighted by Gasteiger charge is 2.36. The van der Waals surface area contributed by atoms with E-state index >= 15 is 0 Å². The maximum Gasteiger partial charge on any atom is 0.294 e. The van der Waals surface area contributed by atoms with Crippen molar-refractivity contribution < 1.29 is 14.4 Å². The molecule has 134 valence electrons. The van der Waals surface area contributed by atoms with E-state index in [-0.39, 0.29) is 6.54 Å². The van der Waals surface area contributed by atoms with Gasteiger partial charge in [-0.15, -0.1) is 0 Å². The summed E-state index contributed by atoms with van der Waals surface area (Å²) >= 11 is 6.83. The summed E-state index contributed by atoms with van der Waals surface area (Å²) in [7, 11) is 0. The summed E-state index contributed by atoms with van der Waals surface area (Å²) in [6.45, 7) is 2.38. The number of carbonyl (C=O) groups is 3. The molecule has 1 fully saturated rings. The fourth-order valence-corrected chi connectivity index (χ4v) is 3.52. The number of rotatable bonds is 5. The fourth-order valence-electron chi connectivity index (χ4n) is 2.51. The SMILES string of the molecule is CCn1cccc1/C=C1/SC(=O)N(CC(=O)Nc2ccccc2Cl)C1=O. The molecule has 6 nitrogen and oxygen atoms in total. The van der Waals surface area contributed by atoms with Crippen molar-refractivity contribution in [1.29, 1.82) is 0 Å². The molecule has 0 bridgehead atoms. The van der Waals surface area contributed by atoms with Crippen molar-refractivity contribution in [2.75, 3.05) is 11.9 Å². The molecular weight excluding hydrogens is 374 g/mol. The van der Waals surface area contributed by atoms with Gasteiger partial charge in [0.15, 0.2) is 0 Å². The zero-order valence-corrected chi connectivity index (χ0v) is 15.5. The standard InChI is InChI=1S/C18H16ClN3O3S/c1-2-21-9-5-6-12(21)10-15-17(24)22(18(25)26-15)11-16(23)20-14-8-4-3-7-13(14)19/h3-10H,2,11H2,1H3,(H,20,23)/b15-10+. The minimum Gasteiger partial charge on any atom is -0.348 e. The number of anilines is 1. The summed E-state index contributed by atoms with van der Waals surface area (Å²) in [5.41, 5.74) is 1.26. The number of nitrogens with zero attached hydrogens (tertiary/aromatic N) is 2. The van der Waals surface area contributed by atoms with Crippen LogP contribution in [0.1, 0.15) is 12.6 Å². The maximum absolute atomic E-state index is 12.5. The molecule has 8 heteroatoms. The number of aryl methyl sites for hydroxylation is 1. The monoisotopic (exact) mass is 389 g/mol. The minimum absolute atomic E-state index is 0.300. The van der Waals surface area contributed by atoms with Gasteiger partial charge in [-0.1, -0.05) is 23.7 Å². The largest absolute Gasteiger partial charge is 0.348 e. The Balaban J connectivity index is 1.71. The first-order chi connectivity index (χ1) is 12.5. The van der Waals surface area contributed by atoms with E-state index in [1.54, 1.807) is 30.3 Å². The highest BCUT2D eigenvalue weighted by atomic mass is 35.5. The van der Waals surface area contributed by atoms with Gasteiger partial charge in [-0.05, 0) is 49.0 Å². The molecule has 1 aliphatic rings. The molecule has 0 atom stereocenters. The molecule has 2 aromatic rings. The molecule has 0 saturated carbocycles. The number of carbonyl (C=O) groups excluding carboxylic acids is 3. The Morgan fingerprint density at radius 2 is 2.00 bits per heavy atom. The molecule has 3 rings (SSSR count). The van der Waals surface area contributed by atoms with E-state index in [1.165, 1.54) is 0 Å². The van der Waals surface area contributed by atoms with Gasteiger partial charge in [-0.3, -0.25) is 19.3 Å². The van der Waals surface area contributed by atoms with E-state index in [9.17, 15) is 14.4 Å². The van der Waals surface area contributed by atoms with Crippen LogP contribution in [0.25, 0.3) is 6.08 Å². The number of amides is 3. The highest BCUT2D eigenvalue weighted by molar-refractivity contribution is 8.18. The summed E-state index contributed by atoms with van der Waals surface area (Å²) < 4.78 is 1.96. The summed E-state index contributed by atoms with van der Waals surface area (Å²) in [5, 5.41) is 2.52. The van der Waals surface area contributed by atoms with Gasteiger partial charge in [0.2, 0.25) is 5.91 Å². The van der Waals surface area contributed by atoms with Crippen LogP contribution >= 0.6 is 23.4 Å². The lowest BCUT2D eigenvalue weighted by atomic mass is 10.3. The molecular formula is C18H16ClN3O3S. The number of hydrogen-bond donors (Lipinski definition) is 1. The first-order valence-corrected chi connectivity index (χ1v) is 9.14. The number of para-hydroxylation sites is 1. The van der Waals surface area contributed by atoms with Crippen LogP contribution < -0.4 is 5.32 Å². The highest BCUT2D eigenvalue weighted by Crippen LogP contribution is 2.32. The third-order valence-electron chi connectivity index (χ3n) is 3.81. The molecule has 0 radical (unpaired) electrons. The van der Waals surface area contributed by atoms with Gasteiger partial charge in [-0.2, -0.15) is 0 Å². The Morgan fingerprint density at radius 3 is 2.73 bits per heavy atom. The number of benzene rings is 1. The van der Waals surface area contributed by atoms with E-state index in [0.29, 0.717) is 15.6 Å². The van der Waals surface area contributed by atoms with Crippen LogP contribution in [0.15, 0.2) is 47.5 Å². The zero-order chi connectivity index (χ0) is 18.7. The predicted octanol–water partition coefficient (Wildman–Crippen LogP) is 3.84. The Bertz CT molecular complexity index is 907. The maximum atomic E-state index is 12.5. The van der Waals surface area contributed by atoms with E-state index in [0.717, 1.165) is 28.9 Å². The smallest absolute Gasteiger partial charge is 0.294 e. The van der Waals surface area contributed by atoms with Crippen molar-refractivity contribution in [1.82, 2.24) is 9.47 Å². The molecule has 1 aliphatic heterocycles. The topological polar surface area (TPSA) is 71.4 Å². The van der Waals surface area contributed by atoms with Crippen LogP contribution in [0.4, 0.5) is 10.5 Å². The normalized spacial score (nSPS) is 15.8. The second-order valence-electron chi connectivity index (χ2n) is 5.51. The van der Waals surface area contributed by atoms with E-state index in [4.69, 9.17) is 11.6 Å². The lowest BCUT2D eigenvalue weighted by Crippen LogP contribution is -2.36. The number of aromatic nitrogens is 1. The van der Waals surface area contributed by atoms with Gasteiger partial charge in [-0.25, -0.2) is 0 Å². The Morgan fingerprint density at radius 1 is 1.23 bits per heavy atom. The van der Waals surface area contributed by atoms with Crippen LogP contribution in [-0.4, -0.2) is 33.1 Å². The average Bonchev–Trinajstić information content (AvgIpc) is 3.17. The summed E-state index contributed by atoms with van der Waals surface area (Å²) in [4.78, 5) is 38.1. The lowest BCUT2D eigenvalue weighted by molar-refractivity contribution is -0.127. The van der Waals surface area contributed by atoms with E-state index in [1.807, 2.05) is 29.8 Å². The molecule has 2 heterocycles. The van der Waals surface area contributed by atoms with Gasteiger partial charge in [0, 0.05) is 18.4 Å². The molecule has 0 aliphatic carbocycles. The van der Waals surface area contributed by atoms with Gasteiger partial charge in [0.1, 0.15) is 6.54 Å². The average molecular weight is 390 g/mol. The first-order valence-electron chi connectivity index (χ1n) is 7.94. The van der Waals surface area contributed by atoms with Crippen molar-refractivity contribution in [3.05, 3.63) is 58.2 Å². The number of nitrogens with one attached hydrogen (secondary N) is 1. The van der Waals surface area contributed by atoms with Crippen LogP contribution in [0, 0.1) is 0 Å². The molecule has 1 aromatic heterocycles. The van der Waals surface area contributed by atoms with Crippen molar-refractivity contribution >= 4 is 52.2 Å². The molecule has 1 aromatic carbocycles. The van der Waals surface area contributed by atoms with Crippen LogP contribution in [0.5, 0.6) is 0 Å². The zero-order valence-electron chi connectivity index (χ0n) is 13.9. The Labute approximate surface area is 159 Å². The molecule has 0 spiro atoms. The van der Waals surface area contributed by atoms with Gasteiger partial charge in [0.05, 0.1) is 15.6 Å². The van der Waals surface area contributed by atoms with Crippen LogP contribution in [-0.2, 0) is 16.1 Å². The number of hydrogen-bond acceptors (Lipinski definition) is 4. The second-order valence-corrected chi connectivity index (χ2v) is 6.92. The Hall–Kier alpha value is -2.51. The van der Waals surface area contributed by atoms with Crippen molar-refractivity contribution in [2.24, 2.45) is 0 Å². The van der Waals surface area contributed by atoms with Gasteiger partial charge < -0.3 is 9.88 Å². The summed E-state index contributed by atoms with van der Waals surface area (Å²) in [6, 6.07) is 10.5. The van der Waals surface area contributed by atoms with E-state index < -0.39 is 17.1 Å². The lowest BCUT2D eigenvalue weighted by Gasteiger charge is -2.13. The van der Waals surface area contributed by atoms with Crippen molar-refractivity contribution in [3.8, 4) is 0 Å². The first kappa shape index (κ1) is 18.3. The van der Waals surface area contributed by atoms with Crippen molar-refractivity contribution in [2.45, 2.75) is 13.5 Å². The predicted molar refractivity (Wildman–Crippen MR) is 103 cm³/mol. The molecule has 1 N–H and O–H groups in total. The molecule has 26 heavy (non-hydrogen) atoms. The van der Waals surface area contributed by atoms with Crippen LogP contribution in [0.3, 0.4) is 0 Å². The quantitative estimate of drug-likeness (QED) is 0.789. The fraction of sp³-hybridized carbons (Fsp3) is 0.167. The Kier molecular flexibility index (Phi) is 5.49. The van der Waals surface area contributed by atoms with Crippen molar-refractivity contribution in [3.63, 3.8) is 0 Å². The number of halogens is 1. The summed E-state index contributed by atoms with van der Waals surface area (Å²) in [6.07, 6.45) is 3.56. The van der Waals surface area contributed by atoms with Crippen LogP contribution in [0.2, 0.25) is 5.02 Å². The molecule has 1 saturated heterocycles. The third-order valence-corrected chi connectivity index (χ3v) is 5.04. The third kappa shape index (κ3) is 3.84. The second kappa shape index (κ2) is 7.80. The minimum atomic E-state index is -0.487. The van der Waals surface area contributed by atoms with Gasteiger partial charge >= 0.3 is 0 Å². The molecule has 3 amide bonds. The number of imide groups is 1. The summed E-state index contributed by atoms with van der Waals surface area (Å²) in [5.74, 6) is -0.961. The number of thioether (sulfide) groups is 1. The van der Waals surface area contributed by atoms with Gasteiger partial charge in [0.25, 0.3) is 11.1 Å².